The van der Waals surface area contributed by atoms with Gasteiger partial charge in [-0.3, -0.25) is 9.59 Å². The van der Waals surface area contributed by atoms with E-state index in [-0.39, 0.29) is 23.5 Å². The first-order valence-electron chi connectivity index (χ1n) is 15.4. The van der Waals surface area contributed by atoms with Gasteiger partial charge in [-0.1, -0.05) is 80.3 Å². The van der Waals surface area contributed by atoms with Crippen molar-refractivity contribution < 1.29 is 19.1 Å². The number of carbonyl (C=O) groups is 2. The average Bonchev–Trinajstić information content (AvgIpc) is 3.03. The van der Waals surface area contributed by atoms with Crippen molar-refractivity contribution in [2.75, 3.05) is 6.54 Å². The van der Waals surface area contributed by atoms with Crippen molar-refractivity contribution in [3.63, 3.8) is 0 Å². The minimum atomic E-state index is -0.675. The Labute approximate surface area is 252 Å². The number of nitrogens with one attached hydrogen (secondary N) is 2. The van der Waals surface area contributed by atoms with Crippen LogP contribution in [0.15, 0.2) is 83.7 Å². The highest BCUT2D eigenvalue weighted by molar-refractivity contribution is 5.92. The van der Waals surface area contributed by atoms with Crippen LogP contribution < -0.4 is 15.6 Å². The summed E-state index contributed by atoms with van der Waals surface area (Å²) in [5.41, 5.74) is 3.57. The fourth-order valence-electron chi connectivity index (χ4n) is 5.86. The maximum Gasteiger partial charge on any atom is 0.338 e. The van der Waals surface area contributed by atoms with Gasteiger partial charge in [0.2, 0.25) is 5.56 Å². The first-order chi connectivity index (χ1) is 20.9. The van der Waals surface area contributed by atoms with Crippen LogP contribution in [0.1, 0.15) is 78.6 Å². The van der Waals surface area contributed by atoms with Crippen molar-refractivity contribution >= 4 is 22.8 Å². The van der Waals surface area contributed by atoms with Crippen LogP contribution in [0, 0.1) is 12.8 Å². The van der Waals surface area contributed by atoms with Gasteiger partial charge < -0.3 is 19.8 Å². The van der Waals surface area contributed by atoms with E-state index in [2.05, 4.69) is 29.4 Å². The van der Waals surface area contributed by atoms with Crippen LogP contribution >= 0.6 is 0 Å². The van der Waals surface area contributed by atoms with E-state index in [0.29, 0.717) is 35.2 Å². The monoisotopic (exact) mass is 580 g/mol. The predicted molar refractivity (Wildman–Crippen MR) is 168 cm³/mol. The molecule has 0 saturated heterocycles. The average molecular weight is 581 g/mol. The molecule has 1 aromatic heterocycles. The molecule has 7 heteroatoms. The molecule has 1 aliphatic carbocycles. The number of carbonyl (C=O) groups excluding carboxylic acids is 2. The third-order valence-corrected chi connectivity index (χ3v) is 8.34. The molecular formula is C36H40N2O5. The summed E-state index contributed by atoms with van der Waals surface area (Å²) in [7, 11) is 0. The summed E-state index contributed by atoms with van der Waals surface area (Å²) in [5, 5.41) is 4.28. The van der Waals surface area contributed by atoms with Gasteiger partial charge in [-0.25, -0.2) is 4.79 Å². The molecule has 2 atom stereocenters. The van der Waals surface area contributed by atoms with Crippen LogP contribution in [0.2, 0.25) is 0 Å². The maximum atomic E-state index is 13.5. The number of aryl methyl sites for hydroxylation is 1. The molecule has 5 rings (SSSR count). The van der Waals surface area contributed by atoms with Crippen molar-refractivity contribution in [1.29, 1.82) is 0 Å². The smallest absolute Gasteiger partial charge is 0.338 e. The Balaban J connectivity index is 1.48. The van der Waals surface area contributed by atoms with E-state index >= 15 is 0 Å². The van der Waals surface area contributed by atoms with E-state index in [1.54, 1.807) is 24.3 Å². The summed E-state index contributed by atoms with van der Waals surface area (Å²) in [6.07, 6.45) is 5.62. The lowest BCUT2D eigenvalue weighted by Crippen LogP contribution is -2.38. The molecule has 1 fully saturated rings. The predicted octanol–water partition coefficient (Wildman–Crippen LogP) is 6.83. The first kappa shape index (κ1) is 30.2. The number of hydrogen-bond acceptors (Lipinski definition) is 6. The van der Waals surface area contributed by atoms with E-state index in [1.165, 1.54) is 11.6 Å². The Morgan fingerprint density at radius 2 is 1.67 bits per heavy atom. The molecule has 0 aliphatic heterocycles. The number of H-pyrrole nitrogens is 1. The number of esters is 2. The molecule has 0 radical (unpaired) electrons. The topological polar surface area (TPSA) is 97.5 Å². The lowest BCUT2D eigenvalue weighted by molar-refractivity contribution is -0.139. The van der Waals surface area contributed by atoms with Gasteiger partial charge in [0, 0.05) is 23.1 Å². The van der Waals surface area contributed by atoms with Gasteiger partial charge in [0.05, 0.1) is 17.0 Å². The van der Waals surface area contributed by atoms with Gasteiger partial charge in [-0.15, -0.1) is 0 Å². The number of hydrogen-bond donors (Lipinski definition) is 2. The van der Waals surface area contributed by atoms with Crippen molar-refractivity contribution in [2.24, 2.45) is 5.92 Å². The standard InChI is InChI=1S/C36H40N2O5/c1-3-30(37-23-22-25-10-6-4-7-11-25)34(43-36(41)27-16-14-24(2)15-17-27)29-18-20-31(33-28(29)19-21-32(39)38-33)42-35(40)26-12-8-5-9-13-26/h4,6-7,10-11,14-21,26,30,34,37H,3,5,8-9,12-13,22-23H2,1-2H3,(H,38,39). The number of aromatic nitrogens is 1. The minimum absolute atomic E-state index is 0.139. The molecule has 0 amide bonds. The van der Waals surface area contributed by atoms with Crippen LogP contribution in [0.4, 0.5) is 0 Å². The molecule has 224 valence electrons. The molecule has 4 aromatic rings. The molecule has 0 bridgehead atoms. The SMILES string of the molecule is CCC(NCCc1ccccc1)C(OC(=O)c1ccc(C)cc1)c1ccc(OC(=O)C2CCCCC2)c2[nH]c(=O)ccc12. The fraction of sp³-hybridized carbons (Fsp3) is 0.361. The van der Waals surface area contributed by atoms with Gasteiger partial charge >= 0.3 is 11.9 Å². The summed E-state index contributed by atoms with van der Waals surface area (Å²) in [6, 6.07) is 24.0. The maximum absolute atomic E-state index is 13.5. The first-order valence-corrected chi connectivity index (χ1v) is 15.4. The molecule has 1 saturated carbocycles. The number of aromatic amines is 1. The van der Waals surface area contributed by atoms with E-state index in [0.717, 1.165) is 49.7 Å². The van der Waals surface area contributed by atoms with E-state index < -0.39 is 12.1 Å². The molecule has 2 unspecified atom stereocenters. The molecule has 43 heavy (non-hydrogen) atoms. The molecule has 0 spiro atoms. The highest BCUT2D eigenvalue weighted by Crippen LogP contribution is 2.35. The van der Waals surface area contributed by atoms with Gasteiger partial charge in [-0.05, 0) is 69.0 Å². The summed E-state index contributed by atoms with van der Waals surface area (Å²) < 4.78 is 12.2. The Hall–Kier alpha value is -4.23. The van der Waals surface area contributed by atoms with Crippen LogP contribution in [0.5, 0.6) is 5.75 Å². The second-order valence-electron chi connectivity index (χ2n) is 11.4. The van der Waals surface area contributed by atoms with Gasteiger partial charge in [-0.2, -0.15) is 0 Å². The summed E-state index contributed by atoms with van der Waals surface area (Å²) in [5.74, 6) is -0.533. The number of ether oxygens (including phenoxy) is 2. The second kappa shape index (κ2) is 14.3. The second-order valence-corrected chi connectivity index (χ2v) is 11.4. The van der Waals surface area contributed by atoms with Crippen molar-refractivity contribution in [2.45, 2.75) is 70.9 Å². The summed E-state index contributed by atoms with van der Waals surface area (Å²) in [6.45, 7) is 4.71. The van der Waals surface area contributed by atoms with Crippen molar-refractivity contribution in [1.82, 2.24) is 10.3 Å². The van der Waals surface area contributed by atoms with Crippen molar-refractivity contribution in [3.05, 3.63) is 111 Å². The number of rotatable bonds is 11. The molecular weight excluding hydrogens is 540 g/mol. The zero-order valence-corrected chi connectivity index (χ0v) is 24.9. The highest BCUT2D eigenvalue weighted by atomic mass is 16.5. The molecule has 2 N–H and O–H groups in total. The van der Waals surface area contributed by atoms with Crippen molar-refractivity contribution in [3.8, 4) is 5.75 Å². The lowest BCUT2D eigenvalue weighted by Gasteiger charge is -2.29. The Morgan fingerprint density at radius 3 is 2.40 bits per heavy atom. The third kappa shape index (κ3) is 7.59. The Morgan fingerprint density at radius 1 is 0.930 bits per heavy atom. The van der Waals surface area contributed by atoms with Crippen LogP contribution in [-0.4, -0.2) is 29.5 Å². The quantitative estimate of drug-likeness (QED) is 0.149. The molecule has 1 aliphatic rings. The highest BCUT2D eigenvalue weighted by Gasteiger charge is 2.30. The van der Waals surface area contributed by atoms with E-state index in [4.69, 9.17) is 9.47 Å². The zero-order chi connectivity index (χ0) is 30.2. The van der Waals surface area contributed by atoms with Gasteiger partial charge in [0.1, 0.15) is 6.10 Å². The van der Waals surface area contributed by atoms with Crippen LogP contribution in [0.25, 0.3) is 10.9 Å². The third-order valence-electron chi connectivity index (χ3n) is 8.34. The number of fused-ring (bicyclic) bond motifs is 1. The van der Waals surface area contributed by atoms with E-state index in [1.807, 2.05) is 43.3 Å². The molecule has 3 aromatic carbocycles. The largest absolute Gasteiger partial charge is 0.452 e. The summed E-state index contributed by atoms with van der Waals surface area (Å²) in [4.78, 5) is 41.8. The number of benzene rings is 3. The Kier molecular flexibility index (Phi) is 10.1. The van der Waals surface area contributed by atoms with Crippen LogP contribution in [0.3, 0.4) is 0 Å². The fourth-order valence-corrected chi connectivity index (χ4v) is 5.86. The van der Waals surface area contributed by atoms with Gasteiger partial charge in [0.25, 0.3) is 0 Å². The summed E-state index contributed by atoms with van der Waals surface area (Å²) >= 11 is 0. The molecule has 7 nitrogen and oxygen atoms in total. The normalized spacial score (nSPS) is 15.1. The number of pyridine rings is 1. The van der Waals surface area contributed by atoms with Crippen LogP contribution in [-0.2, 0) is 16.0 Å². The lowest BCUT2D eigenvalue weighted by atomic mass is 9.89. The Bertz CT molecular complexity index is 1590. The van der Waals surface area contributed by atoms with E-state index in [9.17, 15) is 14.4 Å². The molecule has 1 heterocycles. The zero-order valence-electron chi connectivity index (χ0n) is 24.9. The minimum Gasteiger partial charge on any atom is -0.452 e. The van der Waals surface area contributed by atoms with Gasteiger partial charge in [0.15, 0.2) is 5.75 Å².